The Morgan fingerprint density at radius 1 is 1.29 bits per heavy atom. The van der Waals surface area contributed by atoms with Gasteiger partial charge in [-0.05, 0) is 56.1 Å². The monoisotopic (exact) mass is 234 g/mol. The summed E-state index contributed by atoms with van der Waals surface area (Å²) in [6.45, 7) is 3.17. The highest BCUT2D eigenvalue weighted by Crippen LogP contribution is 2.14. The summed E-state index contributed by atoms with van der Waals surface area (Å²) in [5, 5.41) is 15.5. The lowest BCUT2D eigenvalue weighted by Crippen LogP contribution is -2.31. The predicted octanol–water partition coefficient (Wildman–Crippen LogP) is 1.80. The number of nitrogens with one attached hydrogen (secondary N) is 2. The zero-order valence-electron chi connectivity index (χ0n) is 9.78. The molecule has 1 saturated heterocycles. The normalized spacial score (nSPS) is 16.7. The number of rotatable bonds is 4. The summed E-state index contributed by atoms with van der Waals surface area (Å²) >= 11 is 0. The lowest BCUT2D eigenvalue weighted by atomic mass is 9.98. The average molecular weight is 234 g/mol. The van der Waals surface area contributed by atoms with Gasteiger partial charge in [-0.25, -0.2) is 4.79 Å². The smallest absolute Gasteiger partial charge is 0.335 e. The van der Waals surface area contributed by atoms with Crippen LogP contribution in [-0.4, -0.2) is 30.7 Å². The molecule has 4 heteroatoms. The zero-order valence-corrected chi connectivity index (χ0v) is 9.78. The minimum Gasteiger partial charge on any atom is -0.478 e. The number of carboxylic acid groups (broad SMARTS) is 1. The minimum atomic E-state index is -0.880. The SMILES string of the molecule is O=C(O)c1ccc(NCC2CCNCC2)cc1. The van der Waals surface area contributed by atoms with Crippen molar-refractivity contribution >= 4 is 11.7 Å². The maximum Gasteiger partial charge on any atom is 0.335 e. The molecule has 3 N–H and O–H groups in total. The van der Waals surface area contributed by atoms with Crippen molar-refractivity contribution in [1.82, 2.24) is 5.32 Å². The molecule has 0 aliphatic carbocycles. The summed E-state index contributed by atoms with van der Waals surface area (Å²) in [5.74, 6) is -0.162. The lowest BCUT2D eigenvalue weighted by molar-refractivity contribution is 0.0697. The maximum absolute atomic E-state index is 10.7. The molecule has 92 valence electrons. The molecule has 0 atom stereocenters. The van der Waals surface area contributed by atoms with Crippen LogP contribution in [0.1, 0.15) is 23.2 Å². The van der Waals surface area contributed by atoms with Gasteiger partial charge in [0.1, 0.15) is 0 Å². The van der Waals surface area contributed by atoms with E-state index in [1.807, 2.05) is 12.1 Å². The van der Waals surface area contributed by atoms with E-state index in [2.05, 4.69) is 10.6 Å². The van der Waals surface area contributed by atoms with Crippen molar-refractivity contribution in [2.75, 3.05) is 25.0 Å². The molecule has 0 aromatic heterocycles. The number of benzene rings is 1. The Morgan fingerprint density at radius 3 is 2.53 bits per heavy atom. The van der Waals surface area contributed by atoms with Crippen LogP contribution in [0.4, 0.5) is 5.69 Å². The van der Waals surface area contributed by atoms with Gasteiger partial charge >= 0.3 is 5.97 Å². The van der Waals surface area contributed by atoms with E-state index in [0.717, 1.165) is 31.2 Å². The van der Waals surface area contributed by atoms with Gasteiger partial charge in [-0.1, -0.05) is 0 Å². The molecule has 0 spiro atoms. The number of hydrogen-bond donors (Lipinski definition) is 3. The highest BCUT2D eigenvalue weighted by molar-refractivity contribution is 5.87. The van der Waals surface area contributed by atoms with Gasteiger partial charge in [0, 0.05) is 12.2 Å². The van der Waals surface area contributed by atoms with Crippen molar-refractivity contribution in [3.63, 3.8) is 0 Å². The summed E-state index contributed by atoms with van der Waals surface area (Å²) in [7, 11) is 0. The van der Waals surface area contributed by atoms with E-state index in [9.17, 15) is 4.79 Å². The fourth-order valence-corrected chi connectivity index (χ4v) is 2.08. The van der Waals surface area contributed by atoms with E-state index < -0.39 is 5.97 Å². The zero-order chi connectivity index (χ0) is 12.1. The van der Waals surface area contributed by atoms with Crippen LogP contribution in [0.3, 0.4) is 0 Å². The fraction of sp³-hybridized carbons (Fsp3) is 0.462. The molecule has 0 radical (unpaired) electrons. The molecule has 0 bridgehead atoms. The van der Waals surface area contributed by atoms with E-state index in [0.29, 0.717) is 5.56 Å². The van der Waals surface area contributed by atoms with E-state index in [-0.39, 0.29) is 0 Å². The maximum atomic E-state index is 10.7. The van der Waals surface area contributed by atoms with Crippen molar-refractivity contribution in [3.05, 3.63) is 29.8 Å². The van der Waals surface area contributed by atoms with Crippen LogP contribution in [0.5, 0.6) is 0 Å². The van der Waals surface area contributed by atoms with Gasteiger partial charge in [-0.3, -0.25) is 0 Å². The Balaban J connectivity index is 1.84. The fourth-order valence-electron chi connectivity index (χ4n) is 2.08. The van der Waals surface area contributed by atoms with E-state index in [1.165, 1.54) is 12.8 Å². The minimum absolute atomic E-state index is 0.331. The van der Waals surface area contributed by atoms with Gasteiger partial charge in [0.15, 0.2) is 0 Å². The lowest BCUT2D eigenvalue weighted by Gasteiger charge is -2.23. The molecule has 0 amide bonds. The Kier molecular flexibility index (Phi) is 3.98. The van der Waals surface area contributed by atoms with Crippen LogP contribution in [0.15, 0.2) is 24.3 Å². The van der Waals surface area contributed by atoms with Crippen molar-refractivity contribution in [2.24, 2.45) is 5.92 Å². The first-order valence-electron chi connectivity index (χ1n) is 6.03. The Bertz CT molecular complexity index is 370. The van der Waals surface area contributed by atoms with Crippen molar-refractivity contribution in [1.29, 1.82) is 0 Å². The van der Waals surface area contributed by atoms with Crippen molar-refractivity contribution in [3.8, 4) is 0 Å². The molecular weight excluding hydrogens is 216 g/mol. The molecule has 1 aromatic carbocycles. The van der Waals surface area contributed by atoms with Gasteiger partial charge in [-0.15, -0.1) is 0 Å². The molecule has 1 fully saturated rings. The highest BCUT2D eigenvalue weighted by atomic mass is 16.4. The Morgan fingerprint density at radius 2 is 1.94 bits per heavy atom. The van der Waals surface area contributed by atoms with Gasteiger partial charge in [0.05, 0.1) is 5.56 Å². The molecule has 0 unspecified atom stereocenters. The highest BCUT2D eigenvalue weighted by Gasteiger charge is 2.12. The van der Waals surface area contributed by atoms with Gasteiger partial charge in [0.2, 0.25) is 0 Å². The van der Waals surface area contributed by atoms with E-state index in [1.54, 1.807) is 12.1 Å². The number of carboxylic acids is 1. The van der Waals surface area contributed by atoms with E-state index >= 15 is 0 Å². The molecule has 1 aromatic rings. The summed E-state index contributed by atoms with van der Waals surface area (Å²) < 4.78 is 0. The average Bonchev–Trinajstić information content (AvgIpc) is 2.38. The number of hydrogen-bond acceptors (Lipinski definition) is 3. The topological polar surface area (TPSA) is 61.4 Å². The molecular formula is C13H18N2O2. The van der Waals surface area contributed by atoms with Crippen LogP contribution in [-0.2, 0) is 0 Å². The second-order valence-corrected chi connectivity index (χ2v) is 4.46. The molecule has 2 rings (SSSR count). The van der Waals surface area contributed by atoms with Crippen LogP contribution in [0.25, 0.3) is 0 Å². The van der Waals surface area contributed by atoms with Crippen LogP contribution in [0, 0.1) is 5.92 Å². The number of carbonyl (C=O) groups is 1. The van der Waals surface area contributed by atoms with Crippen LogP contribution < -0.4 is 10.6 Å². The molecule has 1 heterocycles. The number of anilines is 1. The third kappa shape index (κ3) is 3.46. The second kappa shape index (κ2) is 5.68. The summed E-state index contributed by atoms with van der Waals surface area (Å²) in [4.78, 5) is 10.7. The first-order valence-corrected chi connectivity index (χ1v) is 6.03. The third-order valence-corrected chi connectivity index (χ3v) is 3.19. The van der Waals surface area contributed by atoms with Crippen molar-refractivity contribution < 1.29 is 9.90 Å². The van der Waals surface area contributed by atoms with Gasteiger partial charge < -0.3 is 15.7 Å². The first-order chi connectivity index (χ1) is 8.25. The Labute approximate surface area is 101 Å². The number of aromatic carboxylic acids is 1. The molecule has 4 nitrogen and oxygen atoms in total. The summed E-state index contributed by atoms with van der Waals surface area (Å²) in [6, 6.07) is 6.91. The van der Waals surface area contributed by atoms with Crippen LogP contribution in [0.2, 0.25) is 0 Å². The van der Waals surface area contributed by atoms with Crippen molar-refractivity contribution in [2.45, 2.75) is 12.8 Å². The standard InChI is InChI=1S/C13H18N2O2/c16-13(17)11-1-3-12(4-2-11)15-9-10-5-7-14-8-6-10/h1-4,10,14-15H,5-9H2,(H,16,17). The molecule has 1 aliphatic rings. The number of piperidine rings is 1. The van der Waals surface area contributed by atoms with E-state index in [4.69, 9.17) is 5.11 Å². The molecule has 0 saturated carbocycles. The second-order valence-electron chi connectivity index (χ2n) is 4.46. The van der Waals surface area contributed by atoms with Gasteiger partial charge in [-0.2, -0.15) is 0 Å². The molecule has 1 aliphatic heterocycles. The quantitative estimate of drug-likeness (QED) is 0.743. The van der Waals surface area contributed by atoms with Gasteiger partial charge in [0.25, 0.3) is 0 Å². The predicted molar refractivity (Wildman–Crippen MR) is 67.5 cm³/mol. The summed E-state index contributed by atoms with van der Waals surface area (Å²) in [5.41, 5.74) is 1.32. The largest absolute Gasteiger partial charge is 0.478 e. The van der Waals surface area contributed by atoms with Crippen LogP contribution >= 0.6 is 0 Å². The third-order valence-electron chi connectivity index (χ3n) is 3.19. The first kappa shape index (κ1) is 11.9. The summed E-state index contributed by atoms with van der Waals surface area (Å²) in [6.07, 6.45) is 2.42. The Hall–Kier alpha value is -1.55. The molecule has 17 heavy (non-hydrogen) atoms.